The third kappa shape index (κ3) is 5.34. The van der Waals surface area contributed by atoms with Gasteiger partial charge in [0.1, 0.15) is 5.75 Å². The molecule has 0 radical (unpaired) electrons. The minimum absolute atomic E-state index is 0.136. The molecule has 10 heteroatoms. The van der Waals surface area contributed by atoms with Crippen LogP contribution in [-0.4, -0.2) is 63.1 Å². The number of carbonyl (C=O) groups is 1. The smallest absolute Gasteiger partial charge is 0.393 e. The number of halogens is 3. The highest BCUT2D eigenvalue weighted by atomic mass is 32.2. The highest BCUT2D eigenvalue weighted by molar-refractivity contribution is 7.90. The van der Waals surface area contributed by atoms with Gasteiger partial charge in [0.15, 0.2) is 9.84 Å². The Morgan fingerprint density at radius 2 is 1.88 bits per heavy atom. The number of rotatable bonds is 7. The Morgan fingerprint density at radius 3 is 2.35 bits per heavy atom. The number of alkyl halides is 3. The molecule has 0 spiro atoms. The topological polar surface area (TPSA) is 83.9 Å². The number of carboxylic acids is 1. The molecule has 6 nitrogen and oxygen atoms in total. The maximum absolute atomic E-state index is 12.9. The predicted molar refractivity (Wildman–Crippen MR) is 86.8 cm³/mol. The molecule has 1 saturated heterocycles. The van der Waals surface area contributed by atoms with Gasteiger partial charge in [-0.2, -0.15) is 13.2 Å². The van der Waals surface area contributed by atoms with E-state index in [9.17, 15) is 26.4 Å². The first-order chi connectivity index (χ1) is 12.0. The first kappa shape index (κ1) is 20.5. The van der Waals surface area contributed by atoms with Crippen molar-refractivity contribution in [1.82, 2.24) is 4.90 Å². The van der Waals surface area contributed by atoms with Crippen molar-refractivity contribution < 1.29 is 36.2 Å². The van der Waals surface area contributed by atoms with Gasteiger partial charge in [0.25, 0.3) is 0 Å². The molecule has 146 valence electrons. The predicted octanol–water partition coefficient (Wildman–Crippen LogP) is 2.05. The summed E-state index contributed by atoms with van der Waals surface area (Å²) in [6.45, 7) is 0.0486. The van der Waals surface area contributed by atoms with Crippen molar-refractivity contribution >= 4 is 15.8 Å². The van der Waals surface area contributed by atoms with Gasteiger partial charge in [-0.1, -0.05) is 0 Å². The Labute approximate surface area is 149 Å². The van der Waals surface area contributed by atoms with Crippen LogP contribution in [0.25, 0.3) is 0 Å². The first-order valence-electron chi connectivity index (χ1n) is 7.93. The molecule has 1 aliphatic rings. The summed E-state index contributed by atoms with van der Waals surface area (Å²) in [5.74, 6) is -4.28. The van der Waals surface area contributed by atoms with E-state index >= 15 is 0 Å². The molecular weight excluding hydrogens is 375 g/mol. The normalized spacial score (nSPS) is 21.7. The molecule has 1 aliphatic heterocycles. The Balaban J connectivity index is 1.80. The van der Waals surface area contributed by atoms with Gasteiger partial charge in [-0.15, -0.1) is 0 Å². The van der Waals surface area contributed by atoms with Crippen molar-refractivity contribution in [3.63, 3.8) is 0 Å². The second kappa shape index (κ2) is 7.83. The van der Waals surface area contributed by atoms with Gasteiger partial charge in [-0.3, -0.25) is 4.79 Å². The summed E-state index contributed by atoms with van der Waals surface area (Å²) < 4.78 is 66.9. The van der Waals surface area contributed by atoms with Gasteiger partial charge in [-0.05, 0) is 30.7 Å². The Hall–Kier alpha value is -1.81. The number of benzene rings is 1. The third-order valence-corrected chi connectivity index (χ3v) is 5.40. The van der Waals surface area contributed by atoms with Crippen molar-refractivity contribution in [3.8, 4) is 5.75 Å². The van der Waals surface area contributed by atoms with Crippen LogP contribution in [0.1, 0.15) is 6.42 Å². The van der Waals surface area contributed by atoms with E-state index in [4.69, 9.17) is 9.84 Å². The van der Waals surface area contributed by atoms with Crippen LogP contribution < -0.4 is 4.74 Å². The summed E-state index contributed by atoms with van der Waals surface area (Å²) >= 11 is 0. The van der Waals surface area contributed by atoms with Crippen molar-refractivity contribution in [2.45, 2.75) is 17.5 Å². The molecule has 0 bridgehead atoms. The molecule has 0 amide bonds. The quantitative estimate of drug-likeness (QED) is 0.712. The van der Waals surface area contributed by atoms with Crippen LogP contribution in [0.4, 0.5) is 13.2 Å². The van der Waals surface area contributed by atoms with Crippen molar-refractivity contribution in [2.24, 2.45) is 11.8 Å². The highest BCUT2D eigenvalue weighted by Crippen LogP contribution is 2.37. The van der Waals surface area contributed by atoms with Crippen LogP contribution in [0, 0.1) is 11.8 Å². The number of nitrogens with zero attached hydrogens (tertiary/aromatic N) is 1. The van der Waals surface area contributed by atoms with E-state index in [2.05, 4.69) is 0 Å². The summed E-state index contributed by atoms with van der Waals surface area (Å²) in [4.78, 5) is 12.7. The molecule has 0 unspecified atom stereocenters. The molecule has 1 N–H and O–H groups in total. The number of carboxylic acid groups (broad SMARTS) is 1. The van der Waals surface area contributed by atoms with Gasteiger partial charge in [-0.25, -0.2) is 8.42 Å². The Kier molecular flexibility index (Phi) is 6.17. The van der Waals surface area contributed by atoms with Gasteiger partial charge in [0.05, 0.1) is 23.3 Å². The standard InChI is InChI=1S/C16H20F3NO5S/c1-26(23,24)12-5-3-11(4-6-12)25-8-2-7-20-9-13(15(21)22)14(10-20)16(17,18)19/h3-6,13-14H,2,7-10H2,1H3,(H,21,22)/t13-,14-/m1/s1. The minimum atomic E-state index is -4.53. The van der Waals surface area contributed by atoms with E-state index in [1.165, 1.54) is 29.2 Å². The molecule has 2 rings (SSSR count). The third-order valence-electron chi connectivity index (χ3n) is 4.27. The lowest BCUT2D eigenvalue weighted by Crippen LogP contribution is -2.33. The van der Waals surface area contributed by atoms with E-state index in [0.717, 1.165) is 6.26 Å². The van der Waals surface area contributed by atoms with Crippen LogP contribution >= 0.6 is 0 Å². The van der Waals surface area contributed by atoms with Crippen molar-refractivity contribution in [2.75, 3.05) is 32.5 Å². The van der Waals surface area contributed by atoms with Crippen LogP contribution in [0.3, 0.4) is 0 Å². The van der Waals surface area contributed by atoms with Gasteiger partial charge in [0, 0.05) is 25.9 Å². The Bertz CT molecular complexity index is 733. The molecule has 0 aromatic heterocycles. The van der Waals surface area contributed by atoms with Crippen LogP contribution in [0.15, 0.2) is 29.2 Å². The molecule has 26 heavy (non-hydrogen) atoms. The molecule has 2 atom stereocenters. The fourth-order valence-electron chi connectivity index (χ4n) is 2.91. The van der Waals surface area contributed by atoms with Crippen molar-refractivity contribution in [1.29, 1.82) is 0 Å². The summed E-state index contributed by atoms with van der Waals surface area (Å²) in [7, 11) is -3.29. The molecule has 0 saturated carbocycles. The SMILES string of the molecule is CS(=O)(=O)c1ccc(OCCCN2C[C@@H](C(F)(F)F)[C@H](C(=O)O)C2)cc1. The average molecular weight is 395 g/mol. The van der Waals surface area contributed by atoms with E-state index < -0.39 is 33.8 Å². The molecule has 1 aromatic carbocycles. The van der Waals surface area contributed by atoms with E-state index in [1.807, 2.05) is 0 Å². The van der Waals surface area contributed by atoms with Gasteiger partial charge >= 0.3 is 12.1 Å². The van der Waals surface area contributed by atoms with E-state index in [-0.39, 0.29) is 31.1 Å². The average Bonchev–Trinajstić information content (AvgIpc) is 2.96. The van der Waals surface area contributed by atoms with Crippen LogP contribution in [0.5, 0.6) is 5.75 Å². The zero-order chi connectivity index (χ0) is 19.5. The summed E-state index contributed by atoms with van der Waals surface area (Å²) in [5, 5.41) is 8.97. The zero-order valence-electron chi connectivity index (χ0n) is 14.1. The lowest BCUT2D eigenvalue weighted by atomic mass is 9.96. The number of likely N-dealkylation sites (tertiary alicyclic amines) is 1. The van der Waals surface area contributed by atoms with Crippen LogP contribution in [-0.2, 0) is 14.6 Å². The maximum Gasteiger partial charge on any atom is 0.393 e. The summed E-state index contributed by atoms with van der Waals surface area (Å²) in [6, 6.07) is 5.84. The van der Waals surface area contributed by atoms with Gasteiger partial charge < -0.3 is 14.7 Å². The second-order valence-electron chi connectivity index (χ2n) is 6.30. The maximum atomic E-state index is 12.9. The summed E-state index contributed by atoms with van der Waals surface area (Å²) in [5.41, 5.74) is 0. The largest absolute Gasteiger partial charge is 0.494 e. The second-order valence-corrected chi connectivity index (χ2v) is 8.31. The van der Waals surface area contributed by atoms with Crippen LogP contribution in [0.2, 0.25) is 0 Å². The summed E-state index contributed by atoms with van der Waals surface area (Å²) in [6.07, 6.45) is -3.02. The van der Waals surface area contributed by atoms with E-state index in [1.54, 1.807) is 0 Å². The number of ether oxygens (including phenoxy) is 1. The van der Waals surface area contributed by atoms with Crippen molar-refractivity contribution in [3.05, 3.63) is 24.3 Å². The fraction of sp³-hybridized carbons (Fsp3) is 0.562. The molecule has 1 aromatic rings. The zero-order valence-corrected chi connectivity index (χ0v) is 14.9. The highest BCUT2D eigenvalue weighted by Gasteiger charge is 2.52. The monoisotopic (exact) mass is 395 g/mol. The number of hydrogen-bond acceptors (Lipinski definition) is 5. The van der Waals surface area contributed by atoms with Gasteiger partial charge in [0.2, 0.25) is 0 Å². The minimum Gasteiger partial charge on any atom is -0.494 e. The lowest BCUT2D eigenvalue weighted by Gasteiger charge is -2.18. The number of sulfone groups is 1. The lowest BCUT2D eigenvalue weighted by molar-refractivity contribution is -0.188. The molecule has 0 aliphatic carbocycles. The molecule has 1 heterocycles. The molecular formula is C16H20F3NO5S. The fourth-order valence-corrected chi connectivity index (χ4v) is 3.54. The molecule has 1 fully saturated rings. The van der Waals surface area contributed by atoms with E-state index in [0.29, 0.717) is 12.2 Å². The number of hydrogen-bond donors (Lipinski definition) is 1. The number of aliphatic carboxylic acids is 1. The first-order valence-corrected chi connectivity index (χ1v) is 9.82. The Morgan fingerprint density at radius 1 is 1.27 bits per heavy atom.